The van der Waals surface area contributed by atoms with Gasteiger partial charge in [-0.05, 0) is 43.0 Å². The molecule has 1 aliphatic carbocycles. The van der Waals surface area contributed by atoms with Gasteiger partial charge in [0.05, 0.1) is 12.7 Å². The summed E-state index contributed by atoms with van der Waals surface area (Å²) in [5.41, 5.74) is 8.49. The third-order valence-electron chi connectivity index (χ3n) is 3.14. The van der Waals surface area contributed by atoms with E-state index in [1.165, 1.54) is 11.1 Å². The van der Waals surface area contributed by atoms with E-state index in [1.807, 2.05) is 18.2 Å². The van der Waals surface area contributed by atoms with Crippen LogP contribution in [-0.4, -0.2) is 19.3 Å². The van der Waals surface area contributed by atoms with Crippen LogP contribution in [0.1, 0.15) is 30.5 Å². The number of rotatable bonds is 5. The zero-order valence-electron chi connectivity index (χ0n) is 10.6. The van der Waals surface area contributed by atoms with Crippen molar-refractivity contribution in [2.45, 2.75) is 31.9 Å². The average Bonchev–Trinajstić information content (AvgIpc) is 2.76. The molecule has 0 heterocycles. The van der Waals surface area contributed by atoms with E-state index in [-0.39, 0.29) is 12.1 Å². The molecule has 1 aliphatic rings. The molecule has 0 aliphatic heterocycles. The molecule has 0 spiro atoms. The van der Waals surface area contributed by atoms with Crippen molar-refractivity contribution in [3.05, 3.63) is 29.3 Å². The van der Waals surface area contributed by atoms with Gasteiger partial charge in [-0.15, -0.1) is 0 Å². The average molecular weight is 246 g/mol. The van der Waals surface area contributed by atoms with Gasteiger partial charge in [0, 0.05) is 6.04 Å². The summed E-state index contributed by atoms with van der Waals surface area (Å²) in [5.74, 6) is 0.844. The number of nitrogens with zero attached hydrogens (tertiary/aromatic N) is 1. The Morgan fingerprint density at radius 3 is 3.11 bits per heavy atom. The fraction of sp³-hybridized carbons (Fsp3) is 0.500. The Morgan fingerprint density at radius 1 is 1.50 bits per heavy atom. The lowest BCUT2D eigenvalue weighted by atomic mass is 10.1. The van der Waals surface area contributed by atoms with Gasteiger partial charge in [-0.25, -0.2) is 0 Å². The van der Waals surface area contributed by atoms with Crippen LogP contribution in [0.3, 0.4) is 0 Å². The minimum atomic E-state index is -0.383. The van der Waals surface area contributed by atoms with Crippen LogP contribution in [0.25, 0.3) is 0 Å². The van der Waals surface area contributed by atoms with Crippen molar-refractivity contribution < 1.29 is 9.47 Å². The van der Waals surface area contributed by atoms with Crippen LogP contribution >= 0.6 is 0 Å². The molecule has 4 nitrogen and oxygen atoms in total. The van der Waals surface area contributed by atoms with Crippen LogP contribution in [0.2, 0.25) is 0 Å². The summed E-state index contributed by atoms with van der Waals surface area (Å²) in [7, 11) is 0. The van der Waals surface area contributed by atoms with Gasteiger partial charge in [0.25, 0.3) is 0 Å². The van der Waals surface area contributed by atoms with E-state index in [0.29, 0.717) is 13.2 Å². The molecular weight excluding hydrogens is 228 g/mol. The van der Waals surface area contributed by atoms with Crippen LogP contribution in [0.15, 0.2) is 18.2 Å². The van der Waals surface area contributed by atoms with Crippen molar-refractivity contribution in [2.24, 2.45) is 5.73 Å². The van der Waals surface area contributed by atoms with Crippen molar-refractivity contribution in [1.82, 2.24) is 0 Å². The number of nitrogens with two attached hydrogens (primary N) is 1. The fourth-order valence-corrected chi connectivity index (χ4v) is 2.14. The standard InChI is InChI=1S/C14H18N2O2/c1-10(9-15)17-6-7-18-12-3-4-13-11(8-12)2-5-14(13)16/h3-4,8,10,14H,2,5-7,16H2,1H3/t10?,14-/m0/s1. The van der Waals surface area contributed by atoms with Crippen molar-refractivity contribution in [3.8, 4) is 11.8 Å². The summed E-state index contributed by atoms with van der Waals surface area (Å²) < 4.78 is 10.8. The Morgan fingerprint density at radius 2 is 2.33 bits per heavy atom. The quantitative estimate of drug-likeness (QED) is 0.806. The highest BCUT2D eigenvalue weighted by Gasteiger charge is 2.18. The maximum atomic E-state index is 8.55. The molecule has 0 aromatic heterocycles. The number of nitriles is 1. The van der Waals surface area contributed by atoms with Crippen LogP contribution in [-0.2, 0) is 11.2 Å². The van der Waals surface area contributed by atoms with Crippen molar-refractivity contribution in [2.75, 3.05) is 13.2 Å². The van der Waals surface area contributed by atoms with Crippen LogP contribution < -0.4 is 10.5 Å². The fourth-order valence-electron chi connectivity index (χ4n) is 2.14. The number of fused-ring (bicyclic) bond motifs is 1. The first-order chi connectivity index (χ1) is 8.70. The predicted molar refractivity (Wildman–Crippen MR) is 68.2 cm³/mol. The first-order valence-corrected chi connectivity index (χ1v) is 6.23. The molecule has 0 saturated carbocycles. The molecule has 2 N–H and O–H groups in total. The molecule has 0 amide bonds. The van der Waals surface area contributed by atoms with Gasteiger partial charge in [-0.2, -0.15) is 5.26 Å². The topological polar surface area (TPSA) is 68.3 Å². The minimum Gasteiger partial charge on any atom is -0.491 e. The van der Waals surface area contributed by atoms with Gasteiger partial charge in [0.2, 0.25) is 0 Å². The Balaban J connectivity index is 1.83. The Hall–Kier alpha value is -1.57. The van der Waals surface area contributed by atoms with Crippen LogP contribution in [0, 0.1) is 11.3 Å². The lowest BCUT2D eigenvalue weighted by Crippen LogP contribution is -2.12. The van der Waals surface area contributed by atoms with Gasteiger partial charge >= 0.3 is 0 Å². The SMILES string of the molecule is CC(C#N)OCCOc1ccc2c(c1)CC[C@@H]2N. The third kappa shape index (κ3) is 3.00. The monoisotopic (exact) mass is 246 g/mol. The maximum Gasteiger partial charge on any atom is 0.141 e. The summed E-state index contributed by atoms with van der Waals surface area (Å²) in [6, 6.07) is 8.22. The van der Waals surface area contributed by atoms with Gasteiger partial charge in [0.15, 0.2) is 0 Å². The second-order valence-electron chi connectivity index (χ2n) is 4.50. The highest BCUT2D eigenvalue weighted by molar-refractivity contribution is 5.40. The van der Waals surface area contributed by atoms with Gasteiger partial charge < -0.3 is 15.2 Å². The lowest BCUT2D eigenvalue weighted by molar-refractivity contribution is 0.0744. The van der Waals surface area contributed by atoms with Crippen molar-refractivity contribution in [1.29, 1.82) is 5.26 Å². The summed E-state index contributed by atoms with van der Waals surface area (Å²) in [6.07, 6.45) is 1.66. The Bertz CT molecular complexity index is 454. The third-order valence-corrected chi connectivity index (χ3v) is 3.14. The first-order valence-electron chi connectivity index (χ1n) is 6.23. The second-order valence-corrected chi connectivity index (χ2v) is 4.50. The van der Waals surface area contributed by atoms with Crippen molar-refractivity contribution in [3.63, 3.8) is 0 Å². The van der Waals surface area contributed by atoms with E-state index >= 15 is 0 Å². The summed E-state index contributed by atoms with van der Waals surface area (Å²) in [6.45, 7) is 2.60. The lowest BCUT2D eigenvalue weighted by Gasteiger charge is -2.10. The Labute approximate surface area is 107 Å². The normalized spacial score (nSPS) is 19.1. The molecule has 0 radical (unpaired) electrons. The number of ether oxygens (including phenoxy) is 2. The van der Waals surface area contributed by atoms with E-state index < -0.39 is 0 Å². The molecule has 1 unspecified atom stereocenters. The molecular formula is C14H18N2O2. The van der Waals surface area contributed by atoms with Gasteiger partial charge in [-0.1, -0.05) is 6.07 Å². The predicted octanol–water partition coefficient (Wildman–Crippen LogP) is 1.94. The number of aryl methyl sites for hydroxylation is 1. The van der Waals surface area contributed by atoms with Crippen molar-refractivity contribution >= 4 is 0 Å². The molecule has 0 bridgehead atoms. The largest absolute Gasteiger partial charge is 0.491 e. The highest BCUT2D eigenvalue weighted by atomic mass is 16.5. The molecule has 96 valence electrons. The second kappa shape index (κ2) is 5.85. The molecule has 0 fully saturated rings. The molecule has 2 rings (SSSR count). The number of hydrogen-bond donors (Lipinski definition) is 1. The summed E-state index contributed by atoms with van der Waals surface area (Å²) >= 11 is 0. The summed E-state index contributed by atoms with van der Waals surface area (Å²) in [5, 5.41) is 8.55. The molecule has 18 heavy (non-hydrogen) atoms. The van der Waals surface area contributed by atoms with Crippen LogP contribution in [0.5, 0.6) is 5.75 Å². The van der Waals surface area contributed by atoms with Gasteiger partial charge in [0.1, 0.15) is 18.5 Å². The van der Waals surface area contributed by atoms with E-state index in [4.69, 9.17) is 20.5 Å². The summed E-state index contributed by atoms with van der Waals surface area (Å²) in [4.78, 5) is 0. The Kier molecular flexibility index (Phi) is 4.19. The van der Waals surface area contributed by atoms with E-state index in [9.17, 15) is 0 Å². The highest BCUT2D eigenvalue weighted by Crippen LogP contribution is 2.31. The molecule has 1 aromatic carbocycles. The van der Waals surface area contributed by atoms with E-state index in [2.05, 4.69) is 6.07 Å². The number of benzene rings is 1. The van der Waals surface area contributed by atoms with E-state index in [1.54, 1.807) is 6.92 Å². The first kappa shape index (κ1) is 12.9. The van der Waals surface area contributed by atoms with E-state index in [0.717, 1.165) is 18.6 Å². The molecule has 0 saturated heterocycles. The van der Waals surface area contributed by atoms with Crippen LogP contribution in [0.4, 0.5) is 0 Å². The molecule has 1 aromatic rings. The van der Waals surface area contributed by atoms with Gasteiger partial charge in [-0.3, -0.25) is 0 Å². The molecule has 2 atom stereocenters. The minimum absolute atomic E-state index is 0.175. The zero-order valence-corrected chi connectivity index (χ0v) is 10.6. The maximum absolute atomic E-state index is 8.55. The smallest absolute Gasteiger partial charge is 0.141 e. The zero-order chi connectivity index (χ0) is 13.0. The number of hydrogen-bond acceptors (Lipinski definition) is 4. The molecule has 4 heteroatoms.